The van der Waals surface area contributed by atoms with E-state index in [4.69, 9.17) is 0 Å². The molecular formula is C18H21NO4S. The Morgan fingerprint density at radius 3 is 2.25 bits per heavy atom. The second-order valence-corrected chi connectivity index (χ2v) is 7.99. The molecular weight excluding hydrogens is 326 g/mol. The lowest BCUT2D eigenvalue weighted by molar-refractivity contribution is 0.101. The molecule has 0 aliphatic heterocycles. The van der Waals surface area contributed by atoms with Crippen LogP contribution >= 0.6 is 0 Å². The third-order valence-corrected chi connectivity index (χ3v) is 5.29. The van der Waals surface area contributed by atoms with Crippen molar-refractivity contribution in [3.63, 3.8) is 0 Å². The quantitative estimate of drug-likeness (QED) is 0.787. The number of ketones is 1. The molecule has 0 fully saturated rings. The molecule has 0 aromatic heterocycles. The van der Waals surface area contributed by atoms with Crippen molar-refractivity contribution in [2.75, 3.05) is 6.61 Å². The molecule has 128 valence electrons. The summed E-state index contributed by atoms with van der Waals surface area (Å²) in [6.45, 7) is 4.41. The summed E-state index contributed by atoms with van der Waals surface area (Å²) < 4.78 is 27.1. The van der Waals surface area contributed by atoms with Crippen LogP contribution < -0.4 is 4.72 Å². The van der Waals surface area contributed by atoms with Crippen molar-refractivity contribution < 1.29 is 18.3 Å². The number of benzene rings is 2. The summed E-state index contributed by atoms with van der Waals surface area (Å²) in [5, 5.41) is 9.21. The van der Waals surface area contributed by atoms with Gasteiger partial charge in [0.25, 0.3) is 0 Å². The minimum absolute atomic E-state index is 0.0218. The number of aliphatic hydroxyl groups excluding tert-OH is 1. The normalized spacial score (nSPS) is 12.2. The molecule has 0 saturated carbocycles. The Morgan fingerprint density at radius 2 is 1.71 bits per heavy atom. The molecule has 2 aromatic rings. The first-order chi connectivity index (χ1) is 11.1. The Hall–Kier alpha value is -2.02. The van der Waals surface area contributed by atoms with E-state index in [1.165, 1.54) is 19.1 Å². The molecule has 2 aromatic carbocycles. The molecule has 2 rings (SSSR count). The third-order valence-electron chi connectivity index (χ3n) is 3.57. The van der Waals surface area contributed by atoms with Gasteiger partial charge in [-0.1, -0.05) is 30.3 Å². The number of rotatable bonds is 6. The number of carbonyl (C=O) groups excluding carboxylic acids is 1. The molecule has 2 N–H and O–H groups in total. The van der Waals surface area contributed by atoms with Crippen molar-refractivity contribution in [3.8, 4) is 11.1 Å². The fourth-order valence-corrected chi connectivity index (χ4v) is 3.60. The highest BCUT2D eigenvalue weighted by atomic mass is 32.2. The summed E-state index contributed by atoms with van der Waals surface area (Å²) in [7, 11) is -3.71. The molecule has 0 atom stereocenters. The smallest absolute Gasteiger partial charge is 0.241 e. The predicted octanol–water partition coefficient (Wildman–Crippen LogP) is 2.61. The monoisotopic (exact) mass is 347 g/mol. The van der Waals surface area contributed by atoms with Gasteiger partial charge in [-0.2, -0.15) is 0 Å². The Morgan fingerprint density at radius 1 is 1.08 bits per heavy atom. The number of nitrogens with one attached hydrogen (secondary N) is 1. The van der Waals surface area contributed by atoms with E-state index in [2.05, 4.69) is 4.72 Å². The summed E-state index contributed by atoms with van der Waals surface area (Å²) in [6, 6.07) is 13.6. The summed E-state index contributed by atoms with van der Waals surface area (Å²) in [6.07, 6.45) is 0. The molecule has 0 aliphatic carbocycles. The van der Waals surface area contributed by atoms with Crippen molar-refractivity contribution in [2.45, 2.75) is 31.2 Å². The maximum Gasteiger partial charge on any atom is 0.241 e. The van der Waals surface area contributed by atoms with Gasteiger partial charge in [-0.3, -0.25) is 4.79 Å². The highest BCUT2D eigenvalue weighted by Gasteiger charge is 2.25. The van der Waals surface area contributed by atoms with Crippen LogP contribution in [0.15, 0.2) is 53.4 Å². The lowest BCUT2D eigenvalue weighted by Crippen LogP contribution is -2.46. The third kappa shape index (κ3) is 4.29. The maximum absolute atomic E-state index is 12.3. The zero-order valence-electron chi connectivity index (χ0n) is 13.9. The first kappa shape index (κ1) is 18.3. The first-order valence-electron chi connectivity index (χ1n) is 7.51. The Balaban J connectivity index is 2.31. The zero-order chi connectivity index (χ0) is 18.0. The molecule has 6 heteroatoms. The van der Waals surface area contributed by atoms with E-state index >= 15 is 0 Å². The van der Waals surface area contributed by atoms with Gasteiger partial charge in [0.05, 0.1) is 17.0 Å². The number of hydrogen-bond donors (Lipinski definition) is 2. The lowest BCUT2D eigenvalue weighted by Gasteiger charge is -2.23. The number of aliphatic hydroxyl groups is 1. The van der Waals surface area contributed by atoms with Crippen molar-refractivity contribution in [3.05, 3.63) is 54.1 Å². The van der Waals surface area contributed by atoms with Gasteiger partial charge in [0.15, 0.2) is 5.78 Å². The summed E-state index contributed by atoms with van der Waals surface area (Å²) in [4.78, 5) is 11.6. The van der Waals surface area contributed by atoms with Crippen LogP contribution in [0.3, 0.4) is 0 Å². The largest absolute Gasteiger partial charge is 0.394 e. The molecule has 0 aliphatic rings. The fourth-order valence-electron chi connectivity index (χ4n) is 2.20. The number of hydrogen-bond acceptors (Lipinski definition) is 4. The van der Waals surface area contributed by atoms with E-state index in [9.17, 15) is 18.3 Å². The second kappa shape index (κ2) is 6.84. The lowest BCUT2D eigenvalue weighted by atomic mass is 10.0. The Kier molecular flexibility index (Phi) is 5.22. The minimum Gasteiger partial charge on any atom is -0.394 e. The van der Waals surface area contributed by atoms with Crippen LogP contribution in [0, 0.1) is 0 Å². The van der Waals surface area contributed by atoms with Crippen molar-refractivity contribution >= 4 is 15.8 Å². The van der Waals surface area contributed by atoms with E-state index in [0.717, 1.165) is 11.1 Å². The van der Waals surface area contributed by atoms with Gasteiger partial charge < -0.3 is 5.11 Å². The van der Waals surface area contributed by atoms with Crippen LogP contribution in [-0.2, 0) is 10.0 Å². The fraction of sp³-hybridized carbons (Fsp3) is 0.278. The number of Topliss-reactive ketones (excluding diaryl/α,β-unsaturated/α-hetero) is 1. The predicted molar refractivity (Wildman–Crippen MR) is 93.4 cm³/mol. The minimum atomic E-state index is -3.71. The molecule has 0 bridgehead atoms. The first-order valence-corrected chi connectivity index (χ1v) is 8.99. The summed E-state index contributed by atoms with van der Waals surface area (Å²) >= 11 is 0. The van der Waals surface area contributed by atoms with Crippen LogP contribution in [0.1, 0.15) is 31.1 Å². The maximum atomic E-state index is 12.3. The van der Waals surface area contributed by atoms with Gasteiger partial charge >= 0.3 is 0 Å². The van der Waals surface area contributed by atoms with Gasteiger partial charge in [-0.15, -0.1) is 0 Å². The van der Waals surface area contributed by atoms with Crippen molar-refractivity contribution in [1.82, 2.24) is 4.72 Å². The van der Waals surface area contributed by atoms with Crippen LogP contribution in [0.2, 0.25) is 0 Å². The van der Waals surface area contributed by atoms with Gasteiger partial charge in [-0.05, 0) is 50.1 Å². The topological polar surface area (TPSA) is 83.5 Å². The Labute approximate surface area is 142 Å². The van der Waals surface area contributed by atoms with E-state index in [1.807, 2.05) is 6.07 Å². The summed E-state index contributed by atoms with van der Waals surface area (Å²) in [5.41, 5.74) is 1.33. The van der Waals surface area contributed by atoms with Crippen LogP contribution in [-0.4, -0.2) is 31.5 Å². The summed E-state index contributed by atoms with van der Waals surface area (Å²) in [5.74, 6) is -0.0218. The van der Waals surface area contributed by atoms with Crippen molar-refractivity contribution in [2.24, 2.45) is 0 Å². The molecule has 0 saturated heterocycles. The van der Waals surface area contributed by atoms with Gasteiger partial charge in [0.1, 0.15) is 0 Å². The molecule has 0 heterocycles. The molecule has 0 unspecified atom stereocenters. The van der Waals surface area contributed by atoms with E-state index in [-0.39, 0.29) is 17.3 Å². The SMILES string of the molecule is CC(=O)c1cccc(-c2ccc(S(=O)(=O)NC(C)(C)CO)cc2)c1. The van der Waals surface area contributed by atoms with E-state index < -0.39 is 15.6 Å². The highest BCUT2D eigenvalue weighted by molar-refractivity contribution is 7.89. The average Bonchev–Trinajstić information content (AvgIpc) is 2.54. The van der Waals surface area contributed by atoms with Gasteiger partial charge in [0.2, 0.25) is 10.0 Å². The van der Waals surface area contributed by atoms with E-state index in [0.29, 0.717) is 5.56 Å². The average molecular weight is 347 g/mol. The highest BCUT2D eigenvalue weighted by Crippen LogP contribution is 2.23. The number of carbonyl (C=O) groups is 1. The van der Waals surface area contributed by atoms with Gasteiger partial charge in [0, 0.05) is 5.56 Å². The molecule has 0 amide bonds. The van der Waals surface area contributed by atoms with E-state index in [1.54, 1.807) is 44.2 Å². The second-order valence-electron chi connectivity index (χ2n) is 6.31. The van der Waals surface area contributed by atoms with Crippen LogP contribution in [0.25, 0.3) is 11.1 Å². The Bertz CT molecular complexity index is 840. The number of sulfonamides is 1. The molecule has 0 radical (unpaired) electrons. The molecule has 0 spiro atoms. The van der Waals surface area contributed by atoms with Crippen LogP contribution in [0.4, 0.5) is 0 Å². The van der Waals surface area contributed by atoms with Gasteiger partial charge in [-0.25, -0.2) is 13.1 Å². The molecule has 24 heavy (non-hydrogen) atoms. The standard InChI is InChI=1S/C18H21NO4S/c1-13(21)15-5-4-6-16(11-15)14-7-9-17(10-8-14)24(22,23)19-18(2,3)12-20/h4-11,19-20H,12H2,1-3H3. The zero-order valence-corrected chi connectivity index (χ0v) is 14.7. The molecule has 5 nitrogen and oxygen atoms in total. The van der Waals surface area contributed by atoms with Crippen molar-refractivity contribution in [1.29, 1.82) is 0 Å². The van der Waals surface area contributed by atoms with Crippen LogP contribution in [0.5, 0.6) is 0 Å².